The van der Waals surface area contributed by atoms with Crippen LogP contribution in [0.2, 0.25) is 0 Å². The van der Waals surface area contributed by atoms with Crippen molar-refractivity contribution in [1.82, 2.24) is 5.32 Å². The zero-order chi connectivity index (χ0) is 12.2. The van der Waals surface area contributed by atoms with Gasteiger partial charge in [-0.1, -0.05) is 0 Å². The van der Waals surface area contributed by atoms with Gasteiger partial charge in [0.1, 0.15) is 5.60 Å². The van der Waals surface area contributed by atoms with E-state index in [1.165, 1.54) is 0 Å². The van der Waals surface area contributed by atoms with Gasteiger partial charge in [-0.05, 0) is 13.1 Å². The Morgan fingerprint density at radius 1 is 1.44 bits per heavy atom. The second-order valence-electron chi connectivity index (χ2n) is 3.66. The van der Waals surface area contributed by atoms with E-state index >= 15 is 0 Å². The number of alkyl halides is 3. The van der Waals surface area contributed by atoms with Crippen LogP contribution in [-0.2, 0) is 9.53 Å². The average molecular weight is 236 g/mol. The second kappa shape index (κ2) is 4.70. The third kappa shape index (κ3) is 3.10. The van der Waals surface area contributed by atoms with Crippen molar-refractivity contribution < 1.29 is 22.7 Å². The molecule has 0 saturated carbocycles. The summed E-state index contributed by atoms with van der Waals surface area (Å²) < 4.78 is 40.6. The smallest absolute Gasteiger partial charge is 0.451 e. The molecule has 1 aliphatic heterocycles. The van der Waals surface area contributed by atoms with Crippen molar-refractivity contribution in [2.45, 2.75) is 31.0 Å². The third-order valence-electron chi connectivity index (χ3n) is 2.46. The lowest BCUT2D eigenvalue weighted by atomic mass is 9.89. The van der Waals surface area contributed by atoms with E-state index in [2.05, 4.69) is 10.1 Å². The molecule has 0 radical (unpaired) electrons. The summed E-state index contributed by atoms with van der Waals surface area (Å²) in [4.78, 5) is 10.7. The largest absolute Gasteiger partial charge is 0.490 e. The molecule has 1 heterocycles. The normalized spacial score (nSPS) is 19.9. The van der Waals surface area contributed by atoms with Gasteiger partial charge in [-0.2, -0.15) is 18.4 Å². The average Bonchev–Trinajstić information content (AvgIpc) is 2.17. The molecule has 1 N–H and O–H groups in total. The zero-order valence-electron chi connectivity index (χ0n) is 8.43. The van der Waals surface area contributed by atoms with Gasteiger partial charge in [-0.3, -0.25) is 0 Å². The first-order valence-electron chi connectivity index (χ1n) is 4.77. The maximum absolute atomic E-state index is 12.0. The van der Waals surface area contributed by atoms with E-state index in [1.54, 1.807) is 6.07 Å². The number of halogens is 3. The highest BCUT2D eigenvalue weighted by molar-refractivity contribution is 5.76. The molecule has 1 aliphatic rings. The molecule has 16 heavy (non-hydrogen) atoms. The number of carbonyl (C=O) groups is 1. The minimum Gasteiger partial charge on any atom is -0.451 e. The summed E-state index contributed by atoms with van der Waals surface area (Å²) in [6.45, 7) is 0.875. The van der Waals surface area contributed by atoms with E-state index in [9.17, 15) is 18.0 Å². The van der Waals surface area contributed by atoms with E-state index < -0.39 is 17.7 Å². The molecule has 90 valence electrons. The predicted molar refractivity (Wildman–Crippen MR) is 47.2 cm³/mol. The number of esters is 1. The van der Waals surface area contributed by atoms with Crippen molar-refractivity contribution >= 4 is 5.97 Å². The van der Waals surface area contributed by atoms with Crippen LogP contribution < -0.4 is 5.32 Å². The molecule has 4 nitrogen and oxygen atoms in total. The molecule has 0 bridgehead atoms. The molecular formula is C9H11F3N2O2. The lowest BCUT2D eigenvalue weighted by Gasteiger charge is -2.35. The standard InChI is InChI=1S/C9H11F3N2O2/c10-9(11,12)7(15)16-8(1-4-13)2-5-14-6-3-8/h14H,1-3,5-6H2. The predicted octanol–water partition coefficient (Wildman–Crippen LogP) is 1.13. The van der Waals surface area contributed by atoms with Gasteiger partial charge in [-0.15, -0.1) is 0 Å². The first-order valence-corrected chi connectivity index (χ1v) is 4.77. The summed E-state index contributed by atoms with van der Waals surface area (Å²) in [7, 11) is 0. The number of nitrogens with one attached hydrogen (secondary N) is 1. The van der Waals surface area contributed by atoms with Crippen molar-refractivity contribution in [2.75, 3.05) is 13.1 Å². The van der Waals surface area contributed by atoms with Gasteiger partial charge < -0.3 is 10.1 Å². The van der Waals surface area contributed by atoms with Crippen LogP contribution in [0.4, 0.5) is 13.2 Å². The van der Waals surface area contributed by atoms with Crippen LogP contribution in [0.1, 0.15) is 19.3 Å². The molecule has 0 aromatic heterocycles. The van der Waals surface area contributed by atoms with Gasteiger partial charge in [0.15, 0.2) is 0 Å². The van der Waals surface area contributed by atoms with Gasteiger partial charge in [-0.25, -0.2) is 4.79 Å². The molecule has 0 unspecified atom stereocenters. The SMILES string of the molecule is N#CCC1(OC(=O)C(F)(F)F)CCNCC1. The van der Waals surface area contributed by atoms with Crippen LogP contribution in [0.15, 0.2) is 0 Å². The lowest BCUT2D eigenvalue weighted by Crippen LogP contribution is -2.47. The van der Waals surface area contributed by atoms with E-state index in [0.717, 1.165) is 0 Å². The molecule has 0 spiro atoms. The van der Waals surface area contributed by atoms with E-state index in [0.29, 0.717) is 13.1 Å². The fourth-order valence-electron chi connectivity index (χ4n) is 1.60. The van der Waals surface area contributed by atoms with Gasteiger partial charge in [0.05, 0.1) is 12.5 Å². The van der Waals surface area contributed by atoms with Gasteiger partial charge in [0.2, 0.25) is 0 Å². The molecular weight excluding hydrogens is 225 g/mol. The number of ether oxygens (including phenoxy) is 1. The first-order chi connectivity index (χ1) is 7.40. The summed E-state index contributed by atoms with van der Waals surface area (Å²) in [6, 6.07) is 1.76. The first kappa shape index (κ1) is 12.8. The summed E-state index contributed by atoms with van der Waals surface area (Å²) in [5.41, 5.74) is -1.29. The topological polar surface area (TPSA) is 62.1 Å². The van der Waals surface area contributed by atoms with Crippen LogP contribution in [0.3, 0.4) is 0 Å². The molecule has 0 aromatic carbocycles. The number of hydrogen-bond acceptors (Lipinski definition) is 4. The Kier molecular flexibility index (Phi) is 3.75. The Hall–Kier alpha value is -1.29. The highest BCUT2D eigenvalue weighted by Gasteiger charge is 2.46. The summed E-state index contributed by atoms with van der Waals surface area (Å²) in [5, 5.41) is 11.5. The van der Waals surface area contributed by atoms with Crippen molar-refractivity contribution in [3.8, 4) is 6.07 Å². The fraction of sp³-hybridized carbons (Fsp3) is 0.778. The summed E-state index contributed by atoms with van der Waals surface area (Å²) in [5.74, 6) is -2.22. The molecule has 0 aromatic rings. The van der Waals surface area contributed by atoms with Crippen LogP contribution in [-0.4, -0.2) is 30.8 Å². The van der Waals surface area contributed by atoms with Crippen molar-refractivity contribution in [3.63, 3.8) is 0 Å². The summed E-state index contributed by atoms with van der Waals surface area (Å²) >= 11 is 0. The minimum absolute atomic E-state index is 0.212. The molecule has 1 rings (SSSR count). The number of hydrogen-bond donors (Lipinski definition) is 1. The Morgan fingerprint density at radius 2 is 2.00 bits per heavy atom. The molecule has 1 fully saturated rings. The fourth-order valence-corrected chi connectivity index (χ4v) is 1.60. The monoisotopic (exact) mass is 236 g/mol. The lowest BCUT2D eigenvalue weighted by molar-refractivity contribution is -0.215. The highest BCUT2D eigenvalue weighted by Crippen LogP contribution is 2.30. The van der Waals surface area contributed by atoms with Crippen molar-refractivity contribution in [3.05, 3.63) is 0 Å². The molecule has 0 aliphatic carbocycles. The van der Waals surface area contributed by atoms with Gasteiger partial charge in [0.25, 0.3) is 0 Å². The number of piperidine rings is 1. The number of carbonyl (C=O) groups excluding carboxylic acids is 1. The van der Waals surface area contributed by atoms with Gasteiger partial charge >= 0.3 is 12.1 Å². The van der Waals surface area contributed by atoms with Crippen LogP contribution in [0.5, 0.6) is 0 Å². The molecule has 1 saturated heterocycles. The minimum atomic E-state index is -5.01. The quantitative estimate of drug-likeness (QED) is 0.730. The molecule has 0 atom stereocenters. The Bertz CT molecular complexity index is 303. The number of nitriles is 1. The molecule has 7 heteroatoms. The van der Waals surface area contributed by atoms with Gasteiger partial charge in [0, 0.05) is 12.8 Å². The number of nitrogens with zero attached hydrogens (tertiary/aromatic N) is 1. The van der Waals surface area contributed by atoms with Crippen LogP contribution >= 0.6 is 0 Å². The Morgan fingerprint density at radius 3 is 2.44 bits per heavy atom. The third-order valence-corrected chi connectivity index (χ3v) is 2.46. The van der Waals surface area contributed by atoms with E-state index in [-0.39, 0.29) is 19.3 Å². The van der Waals surface area contributed by atoms with Crippen molar-refractivity contribution in [1.29, 1.82) is 5.26 Å². The summed E-state index contributed by atoms with van der Waals surface area (Å²) in [6.07, 6.45) is -4.77. The molecule has 0 amide bonds. The zero-order valence-corrected chi connectivity index (χ0v) is 8.43. The second-order valence-corrected chi connectivity index (χ2v) is 3.66. The van der Waals surface area contributed by atoms with Crippen molar-refractivity contribution in [2.24, 2.45) is 0 Å². The Balaban J connectivity index is 2.72. The van der Waals surface area contributed by atoms with E-state index in [1.807, 2.05) is 0 Å². The van der Waals surface area contributed by atoms with Crippen LogP contribution in [0.25, 0.3) is 0 Å². The number of rotatable bonds is 2. The maximum Gasteiger partial charge on any atom is 0.490 e. The van der Waals surface area contributed by atoms with E-state index in [4.69, 9.17) is 5.26 Å². The Labute approximate surface area is 90.4 Å². The van der Waals surface area contributed by atoms with Crippen LogP contribution in [0, 0.1) is 11.3 Å². The highest BCUT2D eigenvalue weighted by atomic mass is 19.4. The maximum atomic E-state index is 12.0.